The average Bonchev–Trinajstić information content (AvgIpc) is 3.45. The van der Waals surface area contributed by atoms with Crippen molar-refractivity contribution in [3.63, 3.8) is 0 Å². The van der Waals surface area contributed by atoms with Gasteiger partial charge in [0.25, 0.3) is 5.22 Å². The molecule has 0 aliphatic carbocycles. The monoisotopic (exact) mass is 438 g/mol. The van der Waals surface area contributed by atoms with Crippen LogP contribution in [0.5, 0.6) is 0 Å². The Hall–Kier alpha value is -1.95. The van der Waals surface area contributed by atoms with Crippen LogP contribution in [0.2, 0.25) is 0 Å². The number of carbonyl (C=O) groups is 1. The van der Waals surface area contributed by atoms with Crippen molar-refractivity contribution >= 4 is 27.7 Å². The lowest BCUT2D eigenvalue weighted by Gasteiger charge is -2.26. The van der Waals surface area contributed by atoms with E-state index >= 15 is 0 Å². The number of sulfonamides is 1. The Bertz CT molecular complexity index is 949. The van der Waals surface area contributed by atoms with E-state index in [9.17, 15) is 13.2 Å². The van der Waals surface area contributed by atoms with E-state index in [0.717, 1.165) is 12.8 Å². The molecule has 11 heteroatoms. The molecule has 2 aliphatic rings. The average molecular weight is 439 g/mol. The Kier molecular flexibility index (Phi) is 6.18. The molecule has 2 fully saturated rings. The van der Waals surface area contributed by atoms with E-state index in [1.54, 1.807) is 29.2 Å². The number of hydrogen-bond acceptors (Lipinski definition) is 8. The molecular weight excluding hydrogens is 416 g/mol. The van der Waals surface area contributed by atoms with Crippen LogP contribution >= 0.6 is 11.8 Å². The van der Waals surface area contributed by atoms with Gasteiger partial charge in [-0.2, -0.15) is 4.31 Å². The summed E-state index contributed by atoms with van der Waals surface area (Å²) in [5.41, 5.74) is 0.629. The fourth-order valence-electron chi connectivity index (χ4n) is 3.26. The summed E-state index contributed by atoms with van der Waals surface area (Å²) in [6.07, 6.45) is 1.79. The first kappa shape index (κ1) is 20.3. The fraction of sp³-hybridized carbons (Fsp3) is 0.500. The molecule has 1 aromatic carbocycles. The summed E-state index contributed by atoms with van der Waals surface area (Å²) in [5, 5.41) is 8.27. The van der Waals surface area contributed by atoms with Crippen molar-refractivity contribution in [1.82, 2.24) is 19.4 Å². The third kappa shape index (κ3) is 4.63. The van der Waals surface area contributed by atoms with Crippen molar-refractivity contribution in [2.24, 2.45) is 0 Å². The second-order valence-corrected chi connectivity index (χ2v) is 9.66. The van der Waals surface area contributed by atoms with E-state index in [1.807, 2.05) is 0 Å². The topological polar surface area (TPSA) is 106 Å². The molecule has 0 unspecified atom stereocenters. The molecule has 1 amide bonds. The largest absolute Gasteiger partial charge is 0.411 e. The molecule has 1 aromatic heterocycles. The third-order valence-electron chi connectivity index (χ3n) is 4.89. The number of nitrogens with zero attached hydrogens (tertiary/aromatic N) is 4. The van der Waals surface area contributed by atoms with Gasteiger partial charge in [0.1, 0.15) is 0 Å². The molecule has 2 aromatic rings. The molecule has 29 heavy (non-hydrogen) atoms. The molecule has 9 nitrogen and oxygen atoms in total. The predicted octanol–water partition coefficient (Wildman–Crippen LogP) is 1.47. The summed E-state index contributed by atoms with van der Waals surface area (Å²) >= 11 is 1.19. The standard InChI is InChI=1S/C18H22N4O5S2/c23-16(21-9-11-26-12-10-21)13-28-18-20-19-17(27-18)14-3-5-15(6-4-14)29(24,25)22-7-1-2-8-22/h3-6H,1-2,7-13H2. The predicted molar refractivity (Wildman–Crippen MR) is 106 cm³/mol. The smallest absolute Gasteiger partial charge is 0.277 e. The Morgan fingerprint density at radius 2 is 1.72 bits per heavy atom. The number of amides is 1. The van der Waals surface area contributed by atoms with Gasteiger partial charge in [-0.25, -0.2) is 8.42 Å². The second-order valence-electron chi connectivity index (χ2n) is 6.79. The van der Waals surface area contributed by atoms with Gasteiger partial charge in [0, 0.05) is 31.7 Å². The van der Waals surface area contributed by atoms with Crippen molar-refractivity contribution in [3.05, 3.63) is 24.3 Å². The zero-order valence-corrected chi connectivity index (χ0v) is 17.5. The highest BCUT2D eigenvalue weighted by Crippen LogP contribution is 2.26. The summed E-state index contributed by atoms with van der Waals surface area (Å²) in [5.74, 6) is 0.514. The number of aromatic nitrogens is 2. The molecule has 0 spiro atoms. The van der Waals surface area contributed by atoms with Gasteiger partial charge in [-0.3, -0.25) is 4.79 Å². The van der Waals surface area contributed by atoms with E-state index < -0.39 is 10.0 Å². The van der Waals surface area contributed by atoms with Gasteiger partial charge >= 0.3 is 0 Å². The van der Waals surface area contributed by atoms with Crippen LogP contribution in [0.15, 0.2) is 38.8 Å². The van der Waals surface area contributed by atoms with Gasteiger partial charge in [0.2, 0.25) is 21.8 Å². The van der Waals surface area contributed by atoms with Crippen LogP contribution in [-0.2, 0) is 19.6 Å². The molecule has 2 saturated heterocycles. The van der Waals surface area contributed by atoms with E-state index in [0.29, 0.717) is 50.2 Å². The normalized spacial score (nSPS) is 18.3. The fourth-order valence-corrected chi connectivity index (χ4v) is 5.44. The van der Waals surface area contributed by atoms with E-state index in [-0.39, 0.29) is 22.4 Å². The van der Waals surface area contributed by atoms with Crippen LogP contribution in [0.1, 0.15) is 12.8 Å². The molecule has 2 aliphatic heterocycles. The molecule has 0 saturated carbocycles. The molecular formula is C18H22N4O5S2. The van der Waals surface area contributed by atoms with Crippen molar-refractivity contribution in [1.29, 1.82) is 0 Å². The first-order chi connectivity index (χ1) is 14.0. The maximum atomic E-state index is 12.6. The Balaban J connectivity index is 1.38. The molecule has 3 heterocycles. The van der Waals surface area contributed by atoms with Crippen LogP contribution in [0, 0.1) is 0 Å². The molecule has 0 radical (unpaired) electrons. The number of ether oxygens (including phenoxy) is 1. The first-order valence-electron chi connectivity index (χ1n) is 9.46. The molecule has 156 valence electrons. The van der Waals surface area contributed by atoms with Gasteiger partial charge in [0.05, 0.1) is 23.9 Å². The number of morpholine rings is 1. The van der Waals surface area contributed by atoms with E-state index in [2.05, 4.69) is 10.2 Å². The quantitative estimate of drug-likeness (QED) is 0.625. The highest BCUT2D eigenvalue weighted by atomic mass is 32.2. The Morgan fingerprint density at radius 1 is 1.03 bits per heavy atom. The summed E-state index contributed by atoms with van der Waals surface area (Å²) in [7, 11) is -3.45. The number of carbonyl (C=O) groups excluding carboxylic acids is 1. The van der Waals surface area contributed by atoms with Crippen molar-refractivity contribution < 1.29 is 22.4 Å². The molecule has 4 rings (SSSR count). The number of rotatable bonds is 6. The summed E-state index contributed by atoms with van der Waals surface area (Å²) < 4.78 is 37.6. The maximum absolute atomic E-state index is 12.6. The molecule has 0 N–H and O–H groups in total. The lowest BCUT2D eigenvalue weighted by Crippen LogP contribution is -2.41. The zero-order valence-electron chi connectivity index (χ0n) is 15.8. The second kappa shape index (κ2) is 8.82. The van der Waals surface area contributed by atoms with Crippen LogP contribution in [0.25, 0.3) is 11.5 Å². The molecule has 0 atom stereocenters. The van der Waals surface area contributed by atoms with E-state index in [1.165, 1.54) is 16.1 Å². The number of thioether (sulfide) groups is 1. The van der Waals surface area contributed by atoms with Gasteiger partial charge < -0.3 is 14.1 Å². The van der Waals surface area contributed by atoms with Crippen molar-refractivity contribution in [2.45, 2.75) is 23.0 Å². The molecule has 0 bridgehead atoms. The highest BCUT2D eigenvalue weighted by molar-refractivity contribution is 7.99. The minimum atomic E-state index is -3.45. The van der Waals surface area contributed by atoms with Crippen LogP contribution in [0.4, 0.5) is 0 Å². The minimum absolute atomic E-state index is 0.00882. The summed E-state index contributed by atoms with van der Waals surface area (Å²) in [6, 6.07) is 6.43. The Labute approximate surface area is 173 Å². The Morgan fingerprint density at radius 3 is 2.41 bits per heavy atom. The highest BCUT2D eigenvalue weighted by Gasteiger charge is 2.27. The third-order valence-corrected chi connectivity index (χ3v) is 7.61. The first-order valence-corrected chi connectivity index (χ1v) is 11.9. The maximum Gasteiger partial charge on any atom is 0.277 e. The lowest BCUT2D eigenvalue weighted by atomic mass is 10.2. The van der Waals surface area contributed by atoms with Crippen molar-refractivity contribution in [2.75, 3.05) is 45.1 Å². The van der Waals surface area contributed by atoms with Crippen molar-refractivity contribution in [3.8, 4) is 11.5 Å². The van der Waals surface area contributed by atoms with Gasteiger partial charge in [0.15, 0.2) is 0 Å². The number of hydrogen-bond donors (Lipinski definition) is 0. The van der Waals surface area contributed by atoms with Gasteiger partial charge in [-0.15, -0.1) is 10.2 Å². The number of benzene rings is 1. The summed E-state index contributed by atoms with van der Waals surface area (Å²) in [6.45, 7) is 3.45. The summed E-state index contributed by atoms with van der Waals surface area (Å²) in [4.78, 5) is 14.2. The van der Waals surface area contributed by atoms with Gasteiger partial charge in [-0.1, -0.05) is 11.8 Å². The van der Waals surface area contributed by atoms with Gasteiger partial charge in [-0.05, 0) is 37.1 Å². The van der Waals surface area contributed by atoms with E-state index in [4.69, 9.17) is 9.15 Å². The van der Waals surface area contributed by atoms with Crippen LogP contribution < -0.4 is 0 Å². The van der Waals surface area contributed by atoms with Crippen LogP contribution in [0.3, 0.4) is 0 Å². The lowest BCUT2D eigenvalue weighted by molar-refractivity contribution is -0.132. The minimum Gasteiger partial charge on any atom is -0.411 e. The zero-order chi connectivity index (χ0) is 20.3. The SMILES string of the molecule is O=C(CSc1nnc(-c2ccc(S(=O)(=O)N3CCCC3)cc2)o1)N1CCOCC1. The van der Waals surface area contributed by atoms with Crippen LogP contribution in [-0.4, -0.2) is 78.9 Å².